The highest BCUT2D eigenvalue weighted by Crippen LogP contribution is 2.20. The van der Waals surface area contributed by atoms with E-state index in [1.165, 1.54) is 0 Å². The van der Waals surface area contributed by atoms with Crippen molar-refractivity contribution in [2.45, 2.75) is 27.2 Å². The summed E-state index contributed by atoms with van der Waals surface area (Å²) in [5, 5.41) is 9.51. The summed E-state index contributed by atoms with van der Waals surface area (Å²) < 4.78 is 0. The zero-order valence-electron chi connectivity index (χ0n) is 9.36. The first-order chi connectivity index (χ1) is 7.31. The monoisotopic (exact) mass is 204 g/mol. The molecule has 0 atom stereocenters. The van der Waals surface area contributed by atoms with E-state index in [1.807, 2.05) is 32.9 Å². The molecule has 2 rings (SSSR count). The van der Waals surface area contributed by atoms with Gasteiger partial charge in [0.05, 0.1) is 16.7 Å². The summed E-state index contributed by atoms with van der Waals surface area (Å²) in [6, 6.07) is 5.38. The molecule has 2 heterocycles. The summed E-state index contributed by atoms with van der Waals surface area (Å²) in [6.45, 7) is 5.96. The summed E-state index contributed by atoms with van der Waals surface area (Å²) in [6.07, 6.45) is 2.42. The maximum Gasteiger partial charge on any atom is 0.139 e. The van der Waals surface area contributed by atoms with Gasteiger partial charge in [-0.2, -0.15) is 0 Å². The van der Waals surface area contributed by atoms with Gasteiger partial charge in [-0.1, -0.05) is 20.8 Å². The van der Waals surface area contributed by atoms with Crippen LogP contribution in [0.2, 0.25) is 0 Å². The largest absolute Gasteiger partial charge is 0.506 e. The van der Waals surface area contributed by atoms with Crippen LogP contribution in [0.3, 0.4) is 0 Å². The summed E-state index contributed by atoms with van der Waals surface area (Å²) in [7, 11) is 0. The molecule has 0 unspecified atom stereocenters. The highest BCUT2D eigenvalue weighted by Gasteiger charge is 2.03. The molecular weight excluding hydrogens is 188 g/mol. The first kappa shape index (κ1) is 11.4. The van der Waals surface area contributed by atoms with Crippen LogP contribution in [0.25, 0.3) is 11.0 Å². The van der Waals surface area contributed by atoms with E-state index in [0.29, 0.717) is 0 Å². The lowest BCUT2D eigenvalue weighted by molar-refractivity contribution is 0.466. The predicted octanol–water partition coefficient (Wildman–Crippen LogP) is 2.92. The standard InChI is InChI=1S/C10H10N2O.C2H6/c1-2-7-10(13)6-9-8(12-7)4-3-5-11-9;1-2/h3-6,13H,2H2,1H3;1-2H3. The fraction of sp³-hybridized carbons (Fsp3) is 0.333. The van der Waals surface area contributed by atoms with Gasteiger partial charge in [0.15, 0.2) is 0 Å². The molecule has 80 valence electrons. The summed E-state index contributed by atoms with van der Waals surface area (Å²) in [5.41, 5.74) is 2.29. The number of aromatic hydroxyl groups is 1. The van der Waals surface area contributed by atoms with Gasteiger partial charge in [-0.3, -0.25) is 4.98 Å². The van der Waals surface area contributed by atoms with Crippen LogP contribution in [0.4, 0.5) is 0 Å². The Bertz CT molecular complexity index is 441. The van der Waals surface area contributed by atoms with Gasteiger partial charge in [0.25, 0.3) is 0 Å². The van der Waals surface area contributed by atoms with Crippen molar-refractivity contribution < 1.29 is 5.11 Å². The quantitative estimate of drug-likeness (QED) is 0.776. The third-order valence-electron chi connectivity index (χ3n) is 1.98. The number of pyridine rings is 2. The summed E-state index contributed by atoms with van der Waals surface area (Å²) in [5.74, 6) is 0.230. The second-order valence-corrected chi connectivity index (χ2v) is 2.85. The lowest BCUT2D eigenvalue weighted by Gasteiger charge is -2.02. The van der Waals surface area contributed by atoms with Gasteiger partial charge < -0.3 is 5.11 Å². The lowest BCUT2D eigenvalue weighted by atomic mass is 10.2. The van der Waals surface area contributed by atoms with Crippen LogP contribution in [-0.4, -0.2) is 15.1 Å². The second-order valence-electron chi connectivity index (χ2n) is 2.85. The van der Waals surface area contributed by atoms with Crippen LogP contribution >= 0.6 is 0 Å². The molecule has 3 heteroatoms. The van der Waals surface area contributed by atoms with E-state index in [2.05, 4.69) is 9.97 Å². The van der Waals surface area contributed by atoms with E-state index in [0.717, 1.165) is 23.1 Å². The zero-order chi connectivity index (χ0) is 11.3. The molecule has 0 saturated heterocycles. The van der Waals surface area contributed by atoms with E-state index in [-0.39, 0.29) is 5.75 Å². The zero-order valence-corrected chi connectivity index (χ0v) is 9.36. The van der Waals surface area contributed by atoms with Gasteiger partial charge in [0.2, 0.25) is 0 Å². The molecule has 2 aromatic heterocycles. The van der Waals surface area contributed by atoms with Crippen molar-refractivity contribution in [1.29, 1.82) is 0 Å². The van der Waals surface area contributed by atoms with E-state index in [9.17, 15) is 5.11 Å². The molecule has 0 saturated carbocycles. The topological polar surface area (TPSA) is 46.0 Å². The molecule has 0 fully saturated rings. The Hall–Kier alpha value is -1.64. The number of hydrogen-bond acceptors (Lipinski definition) is 3. The maximum atomic E-state index is 9.51. The van der Waals surface area contributed by atoms with Gasteiger partial charge in [0, 0.05) is 12.3 Å². The third kappa shape index (κ3) is 2.43. The smallest absolute Gasteiger partial charge is 0.139 e. The fourth-order valence-electron chi connectivity index (χ4n) is 1.29. The molecule has 0 aliphatic rings. The van der Waals surface area contributed by atoms with Crippen molar-refractivity contribution in [2.24, 2.45) is 0 Å². The number of nitrogens with zero attached hydrogens (tertiary/aromatic N) is 2. The Kier molecular flexibility index (Phi) is 4.03. The van der Waals surface area contributed by atoms with Crippen molar-refractivity contribution in [3.8, 4) is 5.75 Å². The molecule has 0 aliphatic carbocycles. The summed E-state index contributed by atoms with van der Waals surface area (Å²) >= 11 is 0. The van der Waals surface area contributed by atoms with Crippen molar-refractivity contribution in [2.75, 3.05) is 0 Å². The van der Waals surface area contributed by atoms with Crippen LogP contribution in [0.15, 0.2) is 24.4 Å². The molecule has 3 nitrogen and oxygen atoms in total. The van der Waals surface area contributed by atoms with Crippen molar-refractivity contribution in [1.82, 2.24) is 9.97 Å². The number of hydrogen-bond donors (Lipinski definition) is 1. The molecule has 0 aromatic carbocycles. The van der Waals surface area contributed by atoms with E-state index in [4.69, 9.17) is 0 Å². The second kappa shape index (κ2) is 5.29. The Balaban J connectivity index is 0.000000531. The van der Waals surface area contributed by atoms with Crippen LogP contribution in [0.5, 0.6) is 5.75 Å². The fourth-order valence-corrected chi connectivity index (χ4v) is 1.29. The lowest BCUT2D eigenvalue weighted by Crippen LogP contribution is -1.90. The Morgan fingerprint density at radius 1 is 1.27 bits per heavy atom. The number of fused-ring (bicyclic) bond motifs is 1. The maximum absolute atomic E-state index is 9.51. The molecule has 0 bridgehead atoms. The molecule has 0 aliphatic heterocycles. The first-order valence-electron chi connectivity index (χ1n) is 5.25. The SMILES string of the molecule is CC.CCc1nc2cccnc2cc1O. The van der Waals surface area contributed by atoms with E-state index < -0.39 is 0 Å². The molecule has 2 aromatic rings. The minimum atomic E-state index is 0.230. The average Bonchev–Trinajstić information content (AvgIpc) is 2.31. The summed E-state index contributed by atoms with van der Waals surface area (Å²) in [4.78, 5) is 8.38. The van der Waals surface area contributed by atoms with Crippen LogP contribution < -0.4 is 0 Å². The van der Waals surface area contributed by atoms with Gasteiger partial charge in [-0.05, 0) is 18.6 Å². The van der Waals surface area contributed by atoms with Crippen molar-refractivity contribution in [3.63, 3.8) is 0 Å². The minimum absolute atomic E-state index is 0.230. The van der Waals surface area contributed by atoms with Gasteiger partial charge >= 0.3 is 0 Å². The van der Waals surface area contributed by atoms with Crippen LogP contribution in [0.1, 0.15) is 26.5 Å². The molecule has 1 N–H and O–H groups in total. The van der Waals surface area contributed by atoms with E-state index in [1.54, 1.807) is 12.3 Å². The first-order valence-corrected chi connectivity index (χ1v) is 5.25. The number of aryl methyl sites for hydroxylation is 1. The van der Waals surface area contributed by atoms with E-state index >= 15 is 0 Å². The predicted molar refractivity (Wildman–Crippen MR) is 61.9 cm³/mol. The van der Waals surface area contributed by atoms with Crippen molar-refractivity contribution in [3.05, 3.63) is 30.1 Å². The van der Waals surface area contributed by atoms with Gasteiger partial charge in [-0.15, -0.1) is 0 Å². The highest BCUT2D eigenvalue weighted by molar-refractivity contribution is 5.75. The van der Waals surface area contributed by atoms with Gasteiger partial charge in [-0.25, -0.2) is 4.98 Å². The van der Waals surface area contributed by atoms with Gasteiger partial charge in [0.1, 0.15) is 5.75 Å². The Morgan fingerprint density at radius 2 is 2.00 bits per heavy atom. The Labute approximate surface area is 89.8 Å². The molecule has 15 heavy (non-hydrogen) atoms. The molecule has 0 spiro atoms. The normalized spacial score (nSPS) is 9.53. The van der Waals surface area contributed by atoms with Crippen molar-refractivity contribution >= 4 is 11.0 Å². The molecule has 0 amide bonds. The third-order valence-corrected chi connectivity index (χ3v) is 1.98. The molecular formula is C12H16N2O. The minimum Gasteiger partial charge on any atom is -0.506 e. The molecule has 0 radical (unpaired) electrons. The number of rotatable bonds is 1. The Morgan fingerprint density at radius 3 is 2.67 bits per heavy atom. The number of aromatic nitrogens is 2. The highest BCUT2D eigenvalue weighted by atomic mass is 16.3. The average molecular weight is 204 g/mol. The van der Waals surface area contributed by atoms with Crippen LogP contribution in [-0.2, 0) is 6.42 Å². The van der Waals surface area contributed by atoms with Crippen LogP contribution in [0, 0.1) is 0 Å².